The van der Waals surface area contributed by atoms with E-state index < -0.39 is 0 Å². The van der Waals surface area contributed by atoms with Crippen LogP contribution in [0.4, 0.5) is 68.2 Å². The van der Waals surface area contributed by atoms with E-state index in [4.69, 9.17) is 0 Å². The number of nitrogens with zero attached hydrogens (tertiary/aromatic N) is 5. The maximum Gasteiger partial charge on any atom is 0.252 e. The first-order valence-electron chi connectivity index (χ1n) is 30.2. The fourth-order valence-corrected chi connectivity index (χ4v) is 15.6. The molecule has 19 rings (SSSR count). The molecule has 0 saturated carbocycles. The standard InChI is InChI=1S/C80H51B2N5/c1-5-27-55(28-6-1)83-70-43-23-19-39-64(70)81-66-50-67-73(51-72(66)85(57-31-9-3-10-32-57)75-47-54(46-74(83)79(75)81)78-60-35-15-13-25-52(60)45-53-26-14-16-36-61(53)78)86(58-33-11-4-12-34-58)77-49-59(87-68-41-21-17-37-62(68)63-38-18-22-42-69(63)87)48-76-80(77)82(67)65-40-20-24-44-71(65)84(76)56-29-7-2-8-30-56/h1-51H. The summed E-state index contributed by atoms with van der Waals surface area (Å²) in [5.41, 5.74) is 27.3. The van der Waals surface area contributed by atoms with E-state index in [0.717, 1.165) is 51.2 Å². The van der Waals surface area contributed by atoms with Gasteiger partial charge in [-0.2, -0.15) is 0 Å². The third kappa shape index (κ3) is 6.94. The number of anilines is 12. The van der Waals surface area contributed by atoms with Crippen molar-refractivity contribution in [1.82, 2.24) is 4.57 Å². The average Bonchev–Trinajstić information content (AvgIpc) is 0.998. The third-order valence-electron chi connectivity index (χ3n) is 19.0. The second kappa shape index (κ2) is 18.6. The molecule has 0 radical (unpaired) electrons. The number of aromatic nitrogens is 1. The van der Waals surface area contributed by atoms with Gasteiger partial charge in [-0.3, -0.25) is 0 Å². The first kappa shape index (κ1) is 48.1. The van der Waals surface area contributed by atoms with Crippen molar-refractivity contribution >= 4 is 158 Å². The third-order valence-corrected chi connectivity index (χ3v) is 19.0. The van der Waals surface area contributed by atoms with Gasteiger partial charge in [0.25, 0.3) is 13.4 Å². The molecule has 0 fully saturated rings. The highest BCUT2D eigenvalue weighted by molar-refractivity contribution is 7.03. The Kier molecular flexibility index (Phi) is 10.3. The fourth-order valence-electron chi connectivity index (χ4n) is 15.6. The minimum absolute atomic E-state index is 0.131. The molecule has 0 N–H and O–H groups in total. The Labute approximate surface area is 505 Å². The van der Waals surface area contributed by atoms with Crippen LogP contribution in [0.15, 0.2) is 309 Å². The molecular weight excluding hydrogens is 1050 g/mol. The maximum atomic E-state index is 2.64. The molecule has 4 aliphatic rings. The van der Waals surface area contributed by atoms with Gasteiger partial charge in [-0.05, 0) is 175 Å². The summed E-state index contributed by atoms with van der Waals surface area (Å²) in [5, 5.41) is 7.37. The number of hydrogen-bond donors (Lipinski definition) is 0. The number of benzene rings is 14. The topological polar surface area (TPSA) is 17.9 Å². The van der Waals surface area contributed by atoms with Crippen LogP contribution in [-0.4, -0.2) is 18.0 Å². The number of para-hydroxylation sites is 8. The zero-order valence-electron chi connectivity index (χ0n) is 47.3. The summed E-state index contributed by atoms with van der Waals surface area (Å²) in [6.07, 6.45) is 0. The van der Waals surface area contributed by atoms with Crippen LogP contribution in [0.5, 0.6) is 0 Å². The van der Waals surface area contributed by atoms with Crippen molar-refractivity contribution in [2.24, 2.45) is 0 Å². The monoisotopic (exact) mass is 1100 g/mol. The lowest BCUT2D eigenvalue weighted by Gasteiger charge is -2.47. The Morgan fingerprint density at radius 2 is 0.563 bits per heavy atom. The predicted octanol–water partition coefficient (Wildman–Crippen LogP) is 16.9. The van der Waals surface area contributed by atoms with Crippen molar-refractivity contribution in [3.63, 3.8) is 0 Å². The van der Waals surface area contributed by atoms with Crippen molar-refractivity contribution in [2.45, 2.75) is 0 Å². The molecule has 15 aromatic rings. The van der Waals surface area contributed by atoms with Gasteiger partial charge in [0.1, 0.15) is 0 Å². The van der Waals surface area contributed by atoms with Gasteiger partial charge < -0.3 is 24.2 Å². The van der Waals surface area contributed by atoms with Crippen LogP contribution in [0, 0.1) is 0 Å². The SMILES string of the molecule is c1ccc(N2c3ccccc3B3c4cc5c(cc4N(c4ccccc4)c4cc(-c6c7ccccc7cc7ccccc67)cc2c43)N(c2ccccc2)c2cc(-n3c4ccccc4c4ccccc43)cc3c2B5c2ccccc2N3c2ccccc2)cc1. The normalized spacial score (nSPS) is 13.4. The Hall–Kier alpha value is -11.3. The molecule has 1 aromatic heterocycles. The van der Waals surface area contributed by atoms with Crippen LogP contribution in [0.3, 0.4) is 0 Å². The molecule has 7 heteroatoms. The summed E-state index contributed by atoms with van der Waals surface area (Å²) in [6, 6.07) is 116. The van der Waals surface area contributed by atoms with Gasteiger partial charge >= 0.3 is 0 Å². The van der Waals surface area contributed by atoms with E-state index in [2.05, 4.69) is 334 Å². The molecule has 5 heterocycles. The van der Waals surface area contributed by atoms with Gasteiger partial charge in [-0.25, -0.2) is 0 Å². The van der Waals surface area contributed by atoms with Crippen LogP contribution in [0.25, 0.3) is 60.2 Å². The minimum atomic E-state index is -0.133. The molecule has 0 aliphatic carbocycles. The second-order valence-corrected chi connectivity index (χ2v) is 23.5. The van der Waals surface area contributed by atoms with Crippen molar-refractivity contribution in [3.05, 3.63) is 309 Å². The van der Waals surface area contributed by atoms with Crippen LogP contribution in [-0.2, 0) is 0 Å². The zero-order chi connectivity index (χ0) is 56.8. The first-order valence-corrected chi connectivity index (χ1v) is 30.2. The number of fused-ring (bicyclic) bond motifs is 13. The van der Waals surface area contributed by atoms with E-state index >= 15 is 0 Å². The molecule has 5 nitrogen and oxygen atoms in total. The number of hydrogen-bond acceptors (Lipinski definition) is 4. The van der Waals surface area contributed by atoms with Crippen LogP contribution in [0.2, 0.25) is 0 Å². The molecule has 0 spiro atoms. The summed E-state index contributed by atoms with van der Waals surface area (Å²) in [6.45, 7) is -0.264. The van der Waals surface area contributed by atoms with E-state index in [1.165, 1.54) is 110 Å². The second-order valence-electron chi connectivity index (χ2n) is 23.5. The summed E-state index contributed by atoms with van der Waals surface area (Å²) >= 11 is 0. The Bertz CT molecular complexity index is 5230. The van der Waals surface area contributed by atoms with Crippen molar-refractivity contribution < 1.29 is 0 Å². The zero-order valence-corrected chi connectivity index (χ0v) is 47.3. The van der Waals surface area contributed by atoms with Gasteiger partial charge in [0.2, 0.25) is 0 Å². The van der Waals surface area contributed by atoms with E-state index in [9.17, 15) is 0 Å². The Balaban J connectivity index is 0.952. The highest BCUT2D eigenvalue weighted by atomic mass is 15.2. The number of rotatable bonds is 6. The van der Waals surface area contributed by atoms with Crippen LogP contribution < -0.4 is 52.4 Å². The lowest BCUT2D eigenvalue weighted by Crippen LogP contribution is -2.65. The summed E-state index contributed by atoms with van der Waals surface area (Å²) < 4.78 is 2.49. The Morgan fingerprint density at radius 1 is 0.218 bits per heavy atom. The van der Waals surface area contributed by atoms with Gasteiger partial charge in [0.15, 0.2) is 0 Å². The molecule has 0 amide bonds. The molecule has 87 heavy (non-hydrogen) atoms. The van der Waals surface area contributed by atoms with E-state index in [-0.39, 0.29) is 13.4 Å². The molecule has 14 aromatic carbocycles. The first-order chi connectivity index (χ1) is 43.2. The van der Waals surface area contributed by atoms with Crippen molar-refractivity contribution in [1.29, 1.82) is 0 Å². The molecule has 402 valence electrons. The molecular formula is C80H51B2N5. The molecule has 4 aliphatic heterocycles. The van der Waals surface area contributed by atoms with E-state index in [1.807, 2.05) is 0 Å². The molecule has 0 saturated heterocycles. The highest BCUT2D eigenvalue weighted by Gasteiger charge is 2.49. The average molecular weight is 1100 g/mol. The van der Waals surface area contributed by atoms with E-state index in [1.54, 1.807) is 0 Å². The van der Waals surface area contributed by atoms with E-state index in [0.29, 0.717) is 0 Å². The van der Waals surface area contributed by atoms with Gasteiger partial charge in [0.05, 0.1) is 16.7 Å². The predicted molar refractivity (Wildman–Crippen MR) is 369 cm³/mol. The molecule has 0 unspecified atom stereocenters. The lowest BCUT2D eigenvalue weighted by atomic mass is 9.30. The van der Waals surface area contributed by atoms with Gasteiger partial charge in [0, 0.05) is 79.0 Å². The largest absolute Gasteiger partial charge is 0.311 e. The fraction of sp³-hybridized carbons (Fsp3) is 0. The molecule has 0 atom stereocenters. The van der Waals surface area contributed by atoms with Crippen molar-refractivity contribution in [3.8, 4) is 16.8 Å². The van der Waals surface area contributed by atoms with Gasteiger partial charge in [-0.1, -0.05) is 200 Å². The van der Waals surface area contributed by atoms with Crippen molar-refractivity contribution in [2.75, 3.05) is 19.6 Å². The lowest BCUT2D eigenvalue weighted by molar-refractivity contribution is 1.16. The highest BCUT2D eigenvalue weighted by Crippen LogP contribution is 2.51. The molecule has 0 bridgehead atoms. The summed E-state index contributed by atoms with van der Waals surface area (Å²) in [7, 11) is 0. The quantitative estimate of drug-likeness (QED) is 0.122. The maximum absolute atomic E-state index is 2.64. The van der Waals surface area contributed by atoms with Crippen LogP contribution >= 0.6 is 0 Å². The Morgan fingerprint density at radius 3 is 1.00 bits per heavy atom. The van der Waals surface area contributed by atoms with Crippen LogP contribution in [0.1, 0.15) is 0 Å². The van der Waals surface area contributed by atoms with Gasteiger partial charge in [-0.15, -0.1) is 0 Å². The minimum Gasteiger partial charge on any atom is -0.311 e. The smallest absolute Gasteiger partial charge is 0.252 e. The summed E-state index contributed by atoms with van der Waals surface area (Å²) in [4.78, 5) is 10.3. The summed E-state index contributed by atoms with van der Waals surface area (Å²) in [5.74, 6) is 0.